The number of hydrogen-bond acceptors (Lipinski definition) is 2. The monoisotopic (exact) mass is 222 g/mol. The molecule has 0 radical (unpaired) electrons. The minimum atomic E-state index is 0.0489. The fraction of sp³-hybridized carbons (Fsp3) is 0.571. The van der Waals surface area contributed by atoms with Crippen molar-refractivity contribution in [3.05, 3.63) is 23.8 Å². The second kappa shape index (κ2) is 8.03. The van der Waals surface area contributed by atoms with E-state index in [1.165, 1.54) is 6.08 Å². The minimum absolute atomic E-state index is 0.0489. The van der Waals surface area contributed by atoms with Crippen molar-refractivity contribution >= 4 is 12.1 Å². The van der Waals surface area contributed by atoms with Crippen LogP contribution in [0.1, 0.15) is 40.5 Å². The van der Waals surface area contributed by atoms with Crippen LogP contribution in [0.3, 0.4) is 0 Å². The number of ketones is 1. The summed E-state index contributed by atoms with van der Waals surface area (Å²) in [4.78, 5) is 22.0. The van der Waals surface area contributed by atoms with Crippen LogP contribution in [-0.4, -0.2) is 12.1 Å². The Balaban J connectivity index is 4.43. The van der Waals surface area contributed by atoms with Crippen LogP contribution in [0.25, 0.3) is 0 Å². The van der Waals surface area contributed by atoms with Crippen LogP contribution in [-0.2, 0) is 9.59 Å². The molecule has 0 bridgehead atoms. The first-order valence-corrected chi connectivity index (χ1v) is 5.84. The first kappa shape index (κ1) is 14.8. The number of allylic oxidation sites excluding steroid dienone is 4. The van der Waals surface area contributed by atoms with Crippen LogP contribution >= 0.6 is 0 Å². The number of aldehydes is 1. The molecule has 2 nitrogen and oxygen atoms in total. The largest absolute Gasteiger partial charge is 0.298 e. The van der Waals surface area contributed by atoms with Crippen molar-refractivity contribution in [1.29, 1.82) is 0 Å². The molecule has 0 aromatic heterocycles. The van der Waals surface area contributed by atoms with E-state index < -0.39 is 0 Å². The third kappa shape index (κ3) is 5.64. The molecule has 0 aromatic rings. The molecule has 0 saturated heterocycles. The maximum Gasteiger partial charge on any atom is 0.156 e. The molecule has 0 amide bonds. The van der Waals surface area contributed by atoms with Crippen molar-refractivity contribution in [3.8, 4) is 0 Å². The molecule has 2 atom stereocenters. The van der Waals surface area contributed by atoms with E-state index in [1.54, 1.807) is 6.92 Å². The molecule has 16 heavy (non-hydrogen) atoms. The zero-order valence-corrected chi connectivity index (χ0v) is 10.7. The molecule has 0 fully saturated rings. The first-order chi connectivity index (χ1) is 7.54. The Hall–Kier alpha value is -1.18. The van der Waals surface area contributed by atoms with Gasteiger partial charge in [-0.05, 0) is 37.3 Å². The van der Waals surface area contributed by atoms with Crippen LogP contribution in [0, 0.1) is 11.8 Å². The Morgan fingerprint density at radius 1 is 1.38 bits per heavy atom. The van der Waals surface area contributed by atoms with Crippen LogP contribution in [0.15, 0.2) is 23.8 Å². The number of carbonyl (C=O) groups excluding carboxylic acids is 2. The van der Waals surface area contributed by atoms with Gasteiger partial charge < -0.3 is 0 Å². The van der Waals surface area contributed by atoms with E-state index in [0.29, 0.717) is 30.1 Å². The lowest BCUT2D eigenvalue weighted by Gasteiger charge is -2.18. The summed E-state index contributed by atoms with van der Waals surface area (Å²) in [5.74, 6) is 0.816. The van der Waals surface area contributed by atoms with Crippen molar-refractivity contribution in [1.82, 2.24) is 0 Å². The SMILES string of the molecule is CC=CC(C)C(CC)CC(=O)C=C(C)C=O. The zero-order chi connectivity index (χ0) is 12.6. The molecule has 0 aliphatic carbocycles. The Labute approximate surface area is 98.4 Å². The molecule has 2 heteroatoms. The molecule has 0 heterocycles. The number of carbonyl (C=O) groups is 2. The Bertz CT molecular complexity index is 287. The number of rotatable bonds is 7. The van der Waals surface area contributed by atoms with Gasteiger partial charge in [-0.1, -0.05) is 32.4 Å². The van der Waals surface area contributed by atoms with Gasteiger partial charge in [0.25, 0.3) is 0 Å². The van der Waals surface area contributed by atoms with Gasteiger partial charge in [0.15, 0.2) is 5.78 Å². The Kier molecular flexibility index (Phi) is 7.44. The molecule has 0 saturated carbocycles. The van der Waals surface area contributed by atoms with Crippen molar-refractivity contribution in [2.45, 2.75) is 40.5 Å². The molecule has 0 rings (SSSR count). The summed E-state index contributed by atoms with van der Waals surface area (Å²) in [5, 5.41) is 0. The van der Waals surface area contributed by atoms with Crippen molar-refractivity contribution in [2.24, 2.45) is 11.8 Å². The zero-order valence-electron chi connectivity index (χ0n) is 10.7. The van der Waals surface area contributed by atoms with Gasteiger partial charge in [0.1, 0.15) is 6.29 Å². The van der Waals surface area contributed by atoms with Gasteiger partial charge >= 0.3 is 0 Å². The summed E-state index contributed by atoms with van der Waals surface area (Å²) >= 11 is 0. The highest BCUT2D eigenvalue weighted by molar-refractivity contribution is 5.94. The summed E-state index contributed by atoms with van der Waals surface area (Å²) in [6.45, 7) is 7.86. The van der Waals surface area contributed by atoms with E-state index in [1.807, 2.05) is 13.0 Å². The normalized spacial score (nSPS) is 16.1. The fourth-order valence-corrected chi connectivity index (χ4v) is 1.77. The maximum absolute atomic E-state index is 11.6. The quantitative estimate of drug-likeness (QED) is 0.376. The highest BCUT2D eigenvalue weighted by atomic mass is 16.1. The standard InChI is InChI=1S/C14H22O2/c1-5-7-12(4)13(6-2)9-14(16)8-11(3)10-15/h5,7-8,10,12-13H,6,9H2,1-4H3. The predicted octanol–water partition coefficient (Wildman–Crippen LogP) is 3.33. The molecule has 0 N–H and O–H groups in total. The van der Waals surface area contributed by atoms with E-state index in [4.69, 9.17) is 0 Å². The lowest BCUT2D eigenvalue weighted by Crippen LogP contribution is -2.13. The molecular formula is C14H22O2. The molecule has 0 aromatic carbocycles. The molecule has 0 spiro atoms. The number of hydrogen-bond donors (Lipinski definition) is 0. The van der Waals surface area contributed by atoms with Crippen molar-refractivity contribution in [2.75, 3.05) is 0 Å². The van der Waals surface area contributed by atoms with E-state index in [2.05, 4.69) is 19.9 Å². The van der Waals surface area contributed by atoms with Gasteiger partial charge in [-0.25, -0.2) is 0 Å². The Morgan fingerprint density at radius 2 is 2.00 bits per heavy atom. The van der Waals surface area contributed by atoms with Crippen molar-refractivity contribution < 1.29 is 9.59 Å². The van der Waals surface area contributed by atoms with E-state index >= 15 is 0 Å². The molecule has 0 aliphatic rings. The van der Waals surface area contributed by atoms with Crippen LogP contribution < -0.4 is 0 Å². The smallest absolute Gasteiger partial charge is 0.156 e. The molecule has 0 aliphatic heterocycles. The Morgan fingerprint density at radius 3 is 2.44 bits per heavy atom. The second-order valence-electron chi connectivity index (χ2n) is 4.23. The summed E-state index contributed by atoms with van der Waals surface area (Å²) in [6.07, 6.45) is 7.80. The fourth-order valence-electron chi connectivity index (χ4n) is 1.77. The van der Waals surface area contributed by atoms with Crippen LogP contribution in [0.2, 0.25) is 0 Å². The van der Waals surface area contributed by atoms with Crippen molar-refractivity contribution in [3.63, 3.8) is 0 Å². The first-order valence-electron chi connectivity index (χ1n) is 5.84. The topological polar surface area (TPSA) is 34.1 Å². The molecule has 2 unspecified atom stereocenters. The van der Waals surface area contributed by atoms with Gasteiger partial charge in [-0.2, -0.15) is 0 Å². The van der Waals surface area contributed by atoms with Gasteiger partial charge in [0.2, 0.25) is 0 Å². The van der Waals surface area contributed by atoms with Gasteiger partial charge in [0.05, 0.1) is 0 Å². The summed E-state index contributed by atoms with van der Waals surface area (Å²) in [6, 6.07) is 0. The summed E-state index contributed by atoms with van der Waals surface area (Å²) < 4.78 is 0. The van der Waals surface area contributed by atoms with E-state index in [0.717, 1.165) is 6.42 Å². The van der Waals surface area contributed by atoms with Gasteiger partial charge in [-0.3, -0.25) is 9.59 Å². The van der Waals surface area contributed by atoms with Gasteiger partial charge in [-0.15, -0.1) is 0 Å². The lowest BCUT2D eigenvalue weighted by molar-refractivity contribution is -0.116. The van der Waals surface area contributed by atoms with E-state index in [9.17, 15) is 9.59 Å². The highest BCUT2D eigenvalue weighted by Crippen LogP contribution is 2.21. The minimum Gasteiger partial charge on any atom is -0.298 e. The average Bonchev–Trinajstić information content (AvgIpc) is 2.25. The van der Waals surface area contributed by atoms with E-state index in [-0.39, 0.29) is 5.78 Å². The molecular weight excluding hydrogens is 200 g/mol. The van der Waals surface area contributed by atoms with Crippen LogP contribution in [0.5, 0.6) is 0 Å². The average molecular weight is 222 g/mol. The second-order valence-corrected chi connectivity index (χ2v) is 4.23. The lowest BCUT2D eigenvalue weighted by atomic mass is 9.86. The summed E-state index contributed by atoms with van der Waals surface area (Å²) in [5.41, 5.74) is 0.499. The highest BCUT2D eigenvalue weighted by Gasteiger charge is 2.15. The third-order valence-corrected chi connectivity index (χ3v) is 2.80. The molecule has 90 valence electrons. The maximum atomic E-state index is 11.6. The van der Waals surface area contributed by atoms with Crippen LogP contribution in [0.4, 0.5) is 0 Å². The summed E-state index contributed by atoms with van der Waals surface area (Å²) in [7, 11) is 0. The predicted molar refractivity (Wildman–Crippen MR) is 67.2 cm³/mol. The third-order valence-electron chi connectivity index (χ3n) is 2.80. The van der Waals surface area contributed by atoms with Gasteiger partial charge in [0, 0.05) is 6.42 Å².